The van der Waals surface area contributed by atoms with E-state index in [0.29, 0.717) is 24.7 Å². The number of allylic oxidation sites excluding steroid dienone is 4. The summed E-state index contributed by atoms with van der Waals surface area (Å²) in [6.07, 6.45) is 18.3. The van der Waals surface area contributed by atoms with Crippen molar-refractivity contribution in [1.29, 1.82) is 0 Å². The van der Waals surface area contributed by atoms with E-state index in [4.69, 9.17) is 0 Å². The predicted octanol–water partition coefficient (Wildman–Crippen LogP) is 11.3. The average molecular weight is 533 g/mol. The molecule has 3 aliphatic carbocycles. The molecule has 0 bridgehead atoms. The van der Waals surface area contributed by atoms with Gasteiger partial charge in [0, 0.05) is 5.92 Å². The maximum Gasteiger partial charge on any atom is 0.412 e. The fourth-order valence-electron chi connectivity index (χ4n) is 7.44. The molecule has 1 aromatic carbocycles. The zero-order valence-corrected chi connectivity index (χ0v) is 23.3. The van der Waals surface area contributed by atoms with E-state index in [1.165, 1.54) is 82.6 Å². The minimum atomic E-state index is -4.56. The van der Waals surface area contributed by atoms with Crippen molar-refractivity contribution in [2.45, 2.75) is 122 Å². The molecule has 212 valence electrons. The molecule has 0 unspecified atom stereocenters. The fourth-order valence-corrected chi connectivity index (χ4v) is 7.44. The molecule has 4 rings (SSSR count). The van der Waals surface area contributed by atoms with E-state index in [2.05, 4.69) is 43.3 Å². The van der Waals surface area contributed by atoms with Crippen molar-refractivity contribution in [2.75, 3.05) is 0 Å². The molecule has 0 radical (unpaired) electrons. The lowest BCUT2D eigenvalue weighted by Crippen LogP contribution is -2.25. The molecule has 0 aromatic heterocycles. The molecule has 0 nitrogen and oxygen atoms in total. The van der Waals surface area contributed by atoms with Gasteiger partial charge in [-0.2, -0.15) is 13.2 Å². The third-order valence-electron chi connectivity index (χ3n) is 9.89. The number of halogens is 4. The molecule has 1 aromatic rings. The summed E-state index contributed by atoms with van der Waals surface area (Å²) in [5.74, 6) is 1.99. The predicted molar refractivity (Wildman–Crippen MR) is 150 cm³/mol. The van der Waals surface area contributed by atoms with E-state index in [1.807, 2.05) is 0 Å². The van der Waals surface area contributed by atoms with Crippen molar-refractivity contribution in [3.63, 3.8) is 0 Å². The molecule has 0 spiro atoms. The van der Waals surface area contributed by atoms with Gasteiger partial charge in [0.1, 0.15) is 5.83 Å². The molecule has 0 N–H and O–H groups in total. The summed E-state index contributed by atoms with van der Waals surface area (Å²) in [5.41, 5.74) is 3.03. The van der Waals surface area contributed by atoms with Gasteiger partial charge in [-0.15, -0.1) is 0 Å². The van der Waals surface area contributed by atoms with Crippen LogP contribution in [-0.2, 0) is 6.42 Å². The lowest BCUT2D eigenvalue weighted by molar-refractivity contribution is -0.0820. The Morgan fingerprint density at radius 3 is 1.79 bits per heavy atom. The molecule has 0 aliphatic heterocycles. The van der Waals surface area contributed by atoms with Crippen LogP contribution >= 0.6 is 0 Å². The van der Waals surface area contributed by atoms with E-state index in [1.54, 1.807) is 5.56 Å². The Morgan fingerprint density at radius 2 is 1.26 bits per heavy atom. The van der Waals surface area contributed by atoms with Crippen molar-refractivity contribution < 1.29 is 17.6 Å². The highest BCUT2D eigenvalue weighted by atomic mass is 19.4. The summed E-state index contributed by atoms with van der Waals surface area (Å²) >= 11 is 0. The standard InChI is InChI=1S/C34H48F4/c1-2-3-4-5-25-8-14-28(15-9-25)30-20-22-31(23-21-30)29-16-10-26(11-17-29)6-7-27-12-18-32(19-13-27)33(35)24-34(36,37)38/h6-9,14-15,24,26-27,29-32H,2-5,10-13,16-23H2,1H3/b7-6+,33-24-. The maximum atomic E-state index is 13.9. The number of hydrogen-bond donors (Lipinski definition) is 0. The summed E-state index contributed by atoms with van der Waals surface area (Å²) in [6.45, 7) is 2.26. The van der Waals surface area contributed by atoms with Gasteiger partial charge in [0.15, 0.2) is 0 Å². The van der Waals surface area contributed by atoms with Crippen LogP contribution in [0.15, 0.2) is 48.3 Å². The molecule has 0 atom stereocenters. The minimum absolute atomic E-state index is 0.148. The van der Waals surface area contributed by atoms with Gasteiger partial charge in [-0.25, -0.2) is 4.39 Å². The van der Waals surface area contributed by atoms with Crippen molar-refractivity contribution in [3.05, 3.63) is 59.4 Å². The van der Waals surface area contributed by atoms with Crippen LogP contribution in [0.2, 0.25) is 0 Å². The lowest BCUT2D eigenvalue weighted by Gasteiger charge is -2.37. The number of aryl methyl sites for hydroxylation is 1. The second kappa shape index (κ2) is 14.2. The normalized spacial score (nSPS) is 31.6. The highest BCUT2D eigenvalue weighted by molar-refractivity contribution is 5.26. The van der Waals surface area contributed by atoms with E-state index < -0.39 is 17.9 Å². The Hall–Kier alpha value is -1.58. The van der Waals surface area contributed by atoms with Crippen LogP contribution in [0.25, 0.3) is 0 Å². The maximum absolute atomic E-state index is 13.9. The molecular formula is C34H48F4. The van der Waals surface area contributed by atoms with Crippen LogP contribution in [0.5, 0.6) is 0 Å². The van der Waals surface area contributed by atoms with Gasteiger partial charge in [-0.1, -0.05) is 56.2 Å². The molecule has 3 fully saturated rings. The largest absolute Gasteiger partial charge is 0.412 e. The monoisotopic (exact) mass is 532 g/mol. The highest BCUT2D eigenvalue weighted by Crippen LogP contribution is 2.44. The third-order valence-corrected chi connectivity index (χ3v) is 9.89. The second-order valence-corrected chi connectivity index (χ2v) is 12.6. The SMILES string of the molecule is CCCCCc1ccc(C2CCC(C3CCC(/C=C/C4CCC(/C(F)=C/C(F)(F)F)CC4)CC3)CC2)cc1. The van der Waals surface area contributed by atoms with Crippen LogP contribution in [0.3, 0.4) is 0 Å². The van der Waals surface area contributed by atoms with Gasteiger partial charge in [-0.05, 0) is 131 Å². The van der Waals surface area contributed by atoms with Crippen molar-refractivity contribution in [2.24, 2.45) is 29.6 Å². The second-order valence-electron chi connectivity index (χ2n) is 12.6. The molecule has 0 saturated heterocycles. The first-order chi connectivity index (χ1) is 18.3. The molecular weight excluding hydrogens is 484 g/mol. The first kappa shape index (κ1) is 29.4. The quantitative estimate of drug-likeness (QED) is 0.168. The minimum Gasteiger partial charge on any atom is -0.212 e. The van der Waals surface area contributed by atoms with Gasteiger partial charge in [0.05, 0.1) is 6.08 Å². The van der Waals surface area contributed by atoms with Crippen LogP contribution in [-0.4, -0.2) is 6.18 Å². The molecule has 38 heavy (non-hydrogen) atoms. The van der Waals surface area contributed by atoms with E-state index in [0.717, 1.165) is 30.6 Å². The topological polar surface area (TPSA) is 0 Å². The number of hydrogen-bond acceptors (Lipinski definition) is 0. The van der Waals surface area contributed by atoms with E-state index >= 15 is 0 Å². The first-order valence-corrected chi connectivity index (χ1v) is 15.5. The summed E-state index contributed by atoms with van der Waals surface area (Å²) in [6, 6.07) is 9.51. The average Bonchev–Trinajstić information content (AvgIpc) is 2.92. The number of benzene rings is 1. The van der Waals surface area contributed by atoms with Gasteiger partial charge in [0.2, 0.25) is 0 Å². The van der Waals surface area contributed by atoms with Crippen LogP contribution in [0, 0.1) is 29.6 Å². The molecule has 0 heterocycles. The van der Waals surface area contributed by atoms with Crippen molar-refractivity contribution in [3.8, 4) is 0 Å². The number of unbranched alkanes of at least 4 members (excludes halogenated alkanes) is 2. The first-order valence-electron chi connectivity index (χ1n) is 15.5. The zero-order chi connectivity index (χ0) is 27.0. The zero-order valence-electron chi connectivity index (χ0n) is 23.3. The Labute approximate surface area is 228 Å². The van der Waals surface area contributed by atoms with Gasteiger partial charge >= 0.3 is 6.18 Å². The smallest absolute Gasteiger partial charge is 0.212 e. The lowest BCUT2D eigenvalue weighted by atomic mass is 9.68. The molecule has 4 heteroatoms. The third kappa shape index (κ3) is 8.98. The van der Waals surface area contributed by atoms with Gasteiger partial charge < -0.3 is 0 Å². The van der Waals surface area contributed by atoms with Crippen molar-refractivity contribution in [1.82, 2.24) is 0 Å². The van der Waals surface area contributed by atoms with E-state index in [-0.39, 0.29) is 6.08 Å². The van der Waals surface area contributed by atoms with Crippen LogP contribution in [0.1, 0.15) is 120 Å². The van der Waals surface area contributed by atoms with Crippen molar-refractivity contribution >= 4 is 0 Å². The molecule has 3 saturated carbocycles. The Morgan fingerprint density at radius 1 is 0.737 bits per heavy atom. The summed E-state index contributed by atoms with van der Waals surface area (Å²) in [4.78, 5) is 0. The Balaban J connectivity index is 1.14. The number of rotatable bonds is 9. The fraction of sp³-hybridized carbons (Fsp3) is 0.706. The van der Waals surface area contributed by atoms with Crippen LogP contribution < -0.4 is 0 Å². The Kier molecular flexibility index (Phi) is 11.0. The van der Waals surface area contributed by atoms with Gasteiger partial charge in [0.25, 0.3) is 0 Å². The van der Waals surface area contributed by atoms with Crippen LogP contribution in [0.4, 0.5) is 17.6 Å². The molecule has 0 amide bonds. The number of alkyl halides is 3. The summed E-state index contributed by atoms with van der Waals surface area (Å²) < 4.78 is 51.1. The highest BCUT2D eigenvalue weighted by Gasteiger charge is 2.32. The molecule has 3 aliphatic rings. The van der Waals surface area contributed by atoms with Gasteiger partial charge in [-0.3, -0.25) is 0 Å². The van der Waals surface area contributed by atoms with E-state index in [9.17, 15) is 17.6 Å². The Bertz CT molecular complexity index is 872. The summed E-state index contributed by atoms with van der Waals surface area (Å²) in [5, 5.41) is 0. The summed E-state index contributed by atoms with van der Waals surface area (Å²) in [7, 11) is 0.